The summed E-state index contributed by atoms with van der Waals surface area (Å²) >= 11 is 0. The lowest BCUT2D eigenvalue weighted by Gasteiger charge is -2.23. The summed E-state index contributed by atoms with van der Waals surface area (Å²) in [4.78, 5) is 33.4. The van der Waals surface area contributed by atoms with Gasteiger partial charge in [-0.1, -0.05) is 123 Å². The van der Waals surface area contributed by atoms with Crippen molar-refractivity contribution in [1.29, 1.82) is 0 Å². The van der Waals surface area contributed by atoms with Crippen LogP contribution >= 0.6 is 0 Å². The third-order valence-corrected chi connectivity index (χ3v) is 6.11. The second-order valence-corrected chi connectivity index (χ2v) is 9.10. The highest BCUT2D eigenvalue weighted by atomic mass is 17.2. The standard InChI is InChI=1S/C26H50O6/c1-3-5-7-9-11-13-15-17-19-21-23-31-32-26(24(27)28,25(29)30)22-20-18-16-14-12-10-8-6-4-2/h3-23H2,1-2H3,(H,27,28)(H,29,30). The van der Waals surface area contributed by atoms with Crippen LogP contribution in [0.5, 0.6) is 0 Å². The van der Waals surface area contributed by atoms with Crippen molar-refractivity contribution in [2.45, 2.75) is 148 Å². The monoisotopic (exact) mass is 458 g/mol. The Labute approximate surface area is 196 Å². The molecule has 190 valence electrons. The lowest BCUT2D eigenvalue weighted by molar-refractivity contribution is -0.349. The van der Waals surface area contributed by atoms with Crippen LogP contribution in [0.2, 0.25) is 0 Å². The van der Waals surface area contributed by atoms with Crippen molar-refractivity contribution in [3.63, 3.8) is 0 Å². The zero-order valence-electron chi connectivity index (χ0n) is 20.9. The molecule has 0 fully saturated rings. The van der Waals surface area contributed by atoms with E-state index in [-0.39, 0.29) is 13.0 Å². The summed E-state index contributed by atoms with van der Waals surface area (Å²) in [6.45, 7) is 4.64. The van der Waals surface area contributed by atoms with E-state index in [4.69, 9.17) is 9.78 Å². The minimum Gasteiger partial charge on any atom is -0.479 e. The van der Waals surface area contributed by atoms with Gasteiger partial charge in [-0.2, -0.15) is 0 Å². The number of hydrogen-bond donors (Lipinski definition) is 2. The van der Waals surface area contributed by atoms with Gasteiger partial charge >= 0.3 is 11.9 Å². The third-order valence-electron chi connectivity index (χ3n) is 6.11. The van der Waals surface area contributed by atoms with Gasteiger partial charge in [-0.3, -0.25) is 0 Å². The fourth-order valence-electron chi connectivity index (χ4n) is 3.89. The number of carbonyl (C=O) groups is 2. The van der Waals surface area contributed by atoms with Gasteiger partial charge in [0.25, 0.3) is 5.60 Å². The first-order valence-electron chi connectivity index (χ1n) is 13.3. The fraction of sp³-hybridized carbons (Fsp3) is 0.923. The molecule has 0 rings (SSSR count). The molecule has 0 bridgehead atoms. The Balaban J connectivity index is 3.97. The molecule has 0 unspecified atom stereocenters. The molecule has 0 aromatic rings. The molecule has 6 heteroatoms. The summed E-state index contributed by atoms with van der Waals surface area (Å²) in [6, 6.07) is 0. The molecule has 0 atom stereocenters. The third kappa shape index (κ3) is 15.6. The van der Waals surface area contributed by atoms with Crippen molar-refractivity contribution in [3.8, 4) is 0 Å². The number of hydrogen-bond acceptors (Lipinski definition) is 4. The predicted molar refractivity (Wildman–Crippen MR) is 129 cm³/mol. The minimum atomic E-state index is -2.31. The van der Waals surface area contributed by atoms with E-state index in [0.29, 0.717) is 6.42 Å². The first-order chi connectivity index (χ1) is 15.5. The SMILES string of the molecule is CCCCCCCCCCCCOOC(CCCCCCCCCCC)(C(=O)O)C(=O)O. The van der Waals surface area contributed by atoms with E-state index in [1.807, 2.05) is 0 Å². The maximum atomic E-state index is 11.7. The van der Waals surface area contributed by atoms with Crippen molar-refractivity contribution in [3.05, 3.63) is 0 Å². The molecule has 0 amide bonds. The van der Waals surface area contributed by atoms with Gasteiger partial charge in [-0.05, 0) is 12.8 Å². The summed E-state index contributed by atoms with van der Waals surface area (Å²) in [6.07, 6.45) is 21.3. The van der Waals surface area contributed by atoms with Crippen LogP contribution in [0.15, 0.2) is 0 Å². The van der Waals surface area contributed by atoms with Gasteiger partial charge in [0.1, 0.15) is 0 Å². The van der Waals surface area contributed by atoms with E-state index in [1.165, 1.54) is 77.0 Å². The molecule has 32 heavy (non-hydrogen) atoms. The van der Waals surface area contributed by atoms with Crippen LogP contribution < -0.4 is 0 Å². The van der Waals surface area contributed by atoms with E-state index in [0.717, 1.165) is 38.5 Å². The second kappa shape index (κ2) is 21.7. The fourth-order valence-corrected chi connectivity index (χ4v) is 3.89. The molecule has 0 aliphatic rings. The smallest absolute Gasteiger partial charge is 0.351 e. The number of aliphatic carboxylic acids is 2. The molecular formula is C26H50O6. The van der Waals surface area contributed by atoms with Crippen molar-refractivity contribution in [1.82, 2.24) is 0 Å². The Bertz CT molecular complexity index is 438. The number of rotatable bonds is 25. The second-order valence-electron chi connectivity index (χ2n) is 9.10. The predicted octanol–water partition coefficient (Wildman–Crippen LogP) is 7.68. The molecule has 0 heterocycles. The van der Waals surface area contributed by atoms with Crippen LogP contribution in [0.25, 0.3) is 0 Å². The van der Waals surface area contributed by atoms with Gasteiger partial charge in [0, 0.05) is 6.42 Å². The maximum absolute atomic E-state index is 11.7. The lowest BCUT2D eigenvalue weighted by Crippen LogP contribution is -2.49. The zero-order chi connectivity index (χ0) is 23.9. The van der Waals surface area contributed by atoms with Gasteiger partial charge < -0.3 is 10.2 Å². The van der Waals surface area contributed by atoms with Crippen molar-refractivity contribution in [2.24, 2.45) is 0 Å². The maximum Gasteiger partial charge on any atom is 0.351 e. The van der Waals surface area contributed by atoms with Crippen LogP contribution in [0.1, 0.15) is 142 Å². The molecule has 0 aromatic heterocycles. The summed E-state index contributed by atoms with van der Waals surface area (Å²) in [5.41, 5.74) is -2.31. The van der Waals surface area contributed by atoms with E-state index < -0.39 is 17.5 Å². The Morgan fingerprint density at radius 3 is 1.28 bits per heavy atom. The summed E-state index contributed by atoms with van der Waals surface area (Å²) in [5.74, 6) is -2.99. The Kier molecular flexibility index (Phi) is 20.9. The topological polar surface area (TPSA) is 93.1 Å². The van der Waals surface area contributed by atoms with Gasteiger partial charge in [0.15, 0.2) is 0 Å². The molecule has 0 saturated carbocycles. The summed E-state index contributed by atoms with van der Waals surface area (Å²) in [7, 11) is 0. The van der Waals surface area contributed by atoms with Crippen LogP contribution in [0, 0.1) is 0 Å². The lowest BCUT2D eigenvalue weighted by atomic mass is 9.95. The van der Waals surface area contributed by atoms with Crippen molar-refractivity contribution >= 4 is 11.9 Å². The molecule has 0 aromatic carbocycles. The molecular weight excluding hydrogens is 408 g/mol. The normalized spacial score (nSPS) is 11.7. The van der Waals surface area contributed by atoms with Crippen LogP contribution in [0.4, 0.5) is 0 Å². The quantitative estimate of drug-likeness (QED) is 0.0630. The number of carboxylic acids is 2. The number of unbranched alkanes of at least 4 members (excludes halogenated alkanes) is 17. The van der Waals surface area contributed by atoms with E-state index in [9.17, 15) is 19.8 Å². The van der Waals surface area contributed by atoms with Gasteiger partial charge in [0.05, 0.1) is 6.61 Å². The number of carboxylic acid groups (broad SMARTS) is 2. The molecule has 6 nitrogen and oxygen atoms in total. The van der Waals surface area contributed by atoms with Crippen LogP contribution in [-0.4, -0.2) is 34.4 Å². The molecule has 0 aliphatic carbocycles. The Morgan fingerprint density at radius 1 is 0.562 bits per heavy atom. The van der Waals surface area contributed by atoms with Crippen molar-refractivity contribution in [2.75, 3.05) is 6.61 Å². The highest BCUT2D eigenvalue weighted by molar-refractivity contribution is 6.01. The molecule has 2 N–H and O–H groups in total. The first-order valence-corrected chi connectivity index (χ1v) is 13.3. The van der Waals surface area contributed by atoms with Gasteiger partial charge in [-0.25, -0.2) is 19.4 Å². The molecule has 0 spiro atoms. The van der Waals surface area contributed by atoms with Crippen LogP contribution in [0.3, 0.4) is 0 Å². The van der Waals surface area contributed by atoms with Crippen molar-refractivity contribution < 1.29 is 29.6 Å². The van der Waals surface area contributed by atoms with Crippen LogP contribution in [-0.2, 0) is 19.4 Å². The molecule has 0 radical (unpaired) electrons. The van der Waals surface area contributed by atoms with E-state index >= 15 is 0 Å². The van der Waals surface area contributed by atoms with Gasteiger partial charge in [-0.15, -0.1) is 0 Å². The van der Waals surface area contributed by atoms with E-state index in [2.05, 4.69) is 13.8 Å². The average Bonchev–Trinajstić information content (AvgIpc) is 2.76. The van der Waals surface area contributed by atoms with E-state index in [1.54, 1.807) is 0 Å². The Morgan fingerprint density at radius 2 is 0.906 bits per heavy atom. The largest absolute Gasteiger partial charge is 0.479 e. The molecule has 0 saturated heterocycles. The summed E-state index contributed by atoms with van der Waals surface area (Å²) in [5, 5.41) is 19.0. The molecule has 0 aliphatic heterocycles. The van der Waals surface area contributed by atoms with Gasteiger partial charge in [0.2, 0.25) is 0 Å². The average molecular weight is 459 g/mol. The minimum absolute atomic E-state index is 0.0778. The summed E-state index contributed by atoms with van der Waals surface area (Å²) < 4.78 is 0. The highest BCUT2D eigenvalue weighted by Crippen LogP contribution is 2.23. The zero-order valence-corrected chi connectivity index (χ0v) is 20.9. The highest BCUT2D eigenvalue weighted by Gasteiger charge is 2.49. The Hall–Kier alpha value is -1.14. The first kappa shape index (κ1) is 30.9.